The van der Waals surface area contributed by atoms with Gasteiger partial charge in [0.25, 0.3) is 0 Å². The smallest absolute Gasteiger partial charge is 0.223 e. The predicted molar refractivity (Wildman–Crippen MR) is 84.7 cm³/mol. The van der Waals surface area contributed by atoms with Crippen LogP contribution in [0.4, 0.5) is 10.1 Å². The molecule has 6 N–H and O–H groups in total. The zero-order chi connectivity index (χ0) is 15.9. The van der Waals surface area contributed by atoms with Gasteiger partial charge in [-0.3, -0.25) is 4.90 Å². The first kappa shape index (κ1) is 16.0. The third kappa shape index (κ3) is 4.88. The van der Waals surface area contributed by atoms with Crippen molar-refractivity contribution in [2.75, 3.05) is 26.2 Å². The van der Waals surface area contributed by atoms with Gasteiger partial charge in [0.1, 0.15) is 6.61 Å². The highest BCUT2D eigenvalue weighted by Gasteiger charge is 2.11. The molecule has 2 rings (SSSR count). The van der Waals surface area contributed by atoms with E-state index in [2.05, 4.69) is 14.9 Å². The van der Waals surface area contributed by atoms with E-state index in [-0.39, 0.29) is 17.7 Å². The first-order valence-electron chi connectivity index (χ1n) is 7.13. The van der Waals surface area contributed by atoms with Crippen LogP contribution in [0.3, 0.4) is 0 Å². The summed E-state index contributed by atoms with van der Waals surface area (Å²) in [4.78, 5) is 9.74. The highest BCUT2D eigenvalue weighted by molar-refractivity contribution is 5.93. The second-order valence-electron chi connectivity index (χ2n) is 5.02. The van der Waals surface area contributed by atoms with Crippen LogP contribution in [0.2, 0.25) is 0 Å². The number of hydrogen-bond donors (Lipinski definition) is 3. The number of ether oxygens (including phenoxy) is 1. The second-order valence-corrected chi connectivity index (χ2v) is 5.02. The van der Waals surface area contributed by atoms with Crippen LogP contribution >= 0.6 is 0 Å². The second kappa shape index (κ2) is 7.60. The Morgan fingerprint density at radius 1 is 1.23 bits per heavy atom. The molecule has 1 heterocycles. The molecule has 0 unspecified atom stereocenters. The quantitative estimate of drug-likeness (QED) is 0.542. The molecule has 0 aliphatic carbocycles. The molecule has 1 aromatic rings. The largest absolute Gasteiger partial charge is 0.489 e. The van der Waals surface area contributed by atoms with Gasteiger partial charge in [0.2, 0.25) is 5.96 Å². The van der Waals surface area contributed by atoms with Crippen molar-refractivity contribution in [1.82, 2.24) is 4.90 Å². The summed E-state index contributed by atoms with van der Waals surface area (Å²) in [7, 11) is 0. The average Bonchev–Trinajstić information content (AvgIpc) is 2.93. The number of nitrogens with zero attached hydrogens (tertiary/aromatic N) is 3. The Kier molecular flexibility index (Phi) is 5.54. The molecule has 1 fully saturated rings. The molecule has 0 atom stereocenters. The number of benzene rings is 1. The van der Waals surface area contributed by atoms with E-state index in [1.165, 1.54) is 25.0 Å². The molecule has 0 aromatic heterocycles. The maximum atomic E-state index is 13.9. The van der Waals surface area contributed by atoms with Crippen LogP contribution in [0, 0.1) is 5.82 Å². The molecule has 120 valence electrons. The Morgan fingerprint density at radius 3 is 2.59 bits per heavy atom. The predicted octanol–water partition coefficient (Wildman–Crippen LogP) is 0.520. The monoisotopic (exact) mass is 308 g/mol. The summed E-state index contributed by atoms with van der Waals surface area (Å²) in [6.07, 6.45) is 2.44. The maximum Gasteiger partial charge on any atom is 0.223 e. The van der Waals surface area contributed by atoms with Crippen LogP contribution in [0.5, 0.6) is 5.75 Å². The topological polar surface area (TPSA) is 115 Å². The Hall–Kier alpha value is -2.35. The van der Waals surface area contributed by atoms with Gasteiger partial charge in [0.15, 0.2) is 17.5 Å². The highest BCUT2D eigenvalue weighted by Crippen LogP contribution is 2.23. The van der Waals surface area contributed by atoms with Crippen molar-refractivity contribution in [3.8, 4) is 5.75 Å². The van der Waals surface area contributed by atoms with E-state index in [1.54, 1.807) is 6.07 Å². The van der Waals surface area contributed by atoms with Crippen molar-refractivity contribution in [2.45, 2.75) is 12.8 Å². The summed E-state index contributed by atoms with van der Waals surface area (Å²) in [5.41, 5.74) is 16.2. The third-order valence-electron chi connectivity index (χ3n) is 3.27. The van der Waals surface area contributed by atoms with Crippen LogP contribution in [-0.2, 0) is 0 Å². The normalized spacial score (nSPS) is 15.8. The summed E-state index contributed by atoms with van der Waals surface area (Å²) in [6.45, 7) is 3.43. The lowest BCUT2D eigenvalue weighted by atomic mass is 10.3. The van der Waals surface area contributed by atoms with E-state index in [9.17, 15) is 4.39 Å². The minimum absolute atomic E-state index is 0.137. The fraction of sp³-hybridized carbons (Fsp3) is 0.429. The number of hydrogen-bond acceptors (Lipinski definition) is 3. The van der Waals surface area contributed by atoms with Gasteiger partial charge >= 0.3 is 0 Å². The minimum atomic E-state index is -0.500. The van der Waals surface area contributed by atoms with Gasteiger partial charge in [0, 0.05) is 12.6 Å². The fourth-order valence-electron chi connectivity index (χ4n) is 2.26. The van der Waals surface area contributed by atoms with Gasteiger partial charge in [-0.05, 0) is 38.1 Å². The Bertz CT molecular complexity index is 564. The van der Waals surface area contributed by atoms with Crippen molar-refractivity contribution in [3.63, 3.8) is 0 Å². The van der Waals surface area contributed by atoms with Gasteiger partial charge in [-0.1, -0.05) is 0 Å². The molecule has 0 spiro atoms. The summed E-state index contributed by atoms with van der Waals surface area (Å²) in [6, 6.07) is 4.32. The molecule has 8 heteroatoms. The molecule has 0 saturated carbocycles. The van der Waals surface area contributed by atoms with E-state index in [0.717, 1.165) is 19.6 Å². The van der Waals surface area contributed by atoms with Crippen LogP contribution < -0.4 is 21.9 Å². The van der Waals surface area contributed by atoms with E-state index >= 15 is 0 Å². The molecule has 0 radical (unpaired) electrons. The molecule has 1 saturated heterocycles. The maximum absolute atomic E-state index is 13.9. The van der Waals surface area contributed by atoms with Crippen LogP contribution in [-0.4, -0.2) is 43.1 Å². The standard InChI is InChI=1S/C14H21FN6O/c15-11-9-10(19-14(18)20-13(16)17)3-4-12(11)22-8-7-21-5-1-2-6-21/h3-4,9H,1-2,5-8H2,(H6,16,17,18,19,20). The van der Waals surface area contributed by atoms with Crippen molar-refractivity contribution >= 4 is 17.6 Å². The lowest BCUT2D eigenvalue weighted by Gasteiger charge is -2.15. The minimum Gasteiger partial charge on any atom is -0.489 e. The van der Waals surface area contributed by atoms with Crippen LogP contribution in [0.1, 0.15) is 12.8 Å². The van der Waals surface area contributed by atoms with Gasteiger partial charge in [-0.2, -0.15) is 4.99 Å². The first-order valence-corrected chi connectivity index (χ1v) is 7.13. The van der Waals surface area contributed by atoms with E-state index in [4.69, 9.17) is 21.9 Å². The van der Waals surface area contributed by atoms with Gasteiger partial charge in [-0.25, -0.2) is 9.38 Å². The number of guanidine groups is 2. The Labute approximate surface area is 128 Å². The van der Waals surface area contributed by atoms with Gasteiger partial charge < -0.3 is 21.9 Å². The molecular weight excluding hydrogens is 287 g/mol. The molecule has 7 nitrogen and oxygen atoms in total. The van der Waals surface area contributed by atoms with E-state index in [0.29, 0.717) is 12.3 Å². The van der Waals surface area contributed by atoms with E-state index < -0.39 is 5.82 Å². The molecular formula is C14H21FN6O. The summed E-state index contributed by atoms with van der Waals surface area (Å²) in [5, 5.41) is 0. The van der Waals surface area contributed by atoms with Gasteiger partial charge in [0.05, 0.1) is 5.69 Å². The van der Waals surface area contributed by atoms with Crippen molar-refractivity contribution < 1.29 is 9.13 Å². The number of likely N-dealkylation sites (tertiary alicyclic amines) is 1. The number of halogens is 1. The Balaban J connectivity index is 1.92. The molecule has 0 amide bonds. The van der Waals surface area contributed by atoms with Crippen molar-refractivity contribution in [3.05, 3.63) is 24.0 Å². The summed E-state index contributed by atoms with van der Waals surface area (Å²) in [5.74, 6) is -0.649. The first-order chi connectivity index (χ1) is 10.5. The molecule has 1 aliphatic heterocycles. The number of rotatable bonds is 5. The SMILES string of the molecule is NC(N)=NC(N)=Nc1ccc(OCCN2CCCC2)c(F)c1. The Morgan fingerprint density at radius 2 is 1.95 bits per heavy atom. The van der Waals surface area contributed by atoms with Crippen LogP contribution in [0.25, 0.3) is 0 Å². The number of nitrogens with two attached hydrogens (primary N) is 3. The third-order valence-corrected chi connectivity index (χ3v) is 3.27. The molecule has 22 heavy (non-hydrogen) atoms. The number of aliphatic imine (C=N–C) groups is 2. The van der Waals surface area contributed by atoms with Crippen molar-refractivity contribution in [2.24, 2.45) is 27.2 Å². The summed E-state index contributed by atoms with van der Waals surface area (Å²) < 4.78 is 19.4. The zero-order valence-corrected chi connectivity index (χ0v) is 12.3. The van der Waals surface area contributed by atoms with Crippen molar-refractivity contribution in [1.29, 1.82) is 0 Å². The highest BCUT2D eigenvalue weighted by atomic mass is 19.1. The molecule has 1 aliphatic rings. The molecule has 0 bridgehead atoms. The van der Waals surface area contributed by atoms with Crippen LogP contribution in [0.15, 0.2) is 28.2 Å². The van der Waals surface area contributed by atoms with Gasteiger partial charge in [-0.15, -0.1) is 0 Å². The average molecular weight is 308 g/mol. The summed E-state index contributed by atoms with van der Waals surface area (Å²) >= 11 is 0. The zero-order valence-electron chi connectivity index (χ0n) is 12.3. The molecule has 1 aromatic carbocycles. The lowest BCUT2D eigenvalue weighted by Crippen LogP contribution is -2.26. The lowest BCUT2D eigenvalue weighted by molar-refractivity contribution is 0.231. The fourth-order valence-corrected chi connectivity index (χ4v) is 2.26. The van der Waals surface area contributed by atoms with E-state index in [1.807, 2.05) is 0 Å².